The molecule has 110 valence electrons. The van der Waals surface area contributed by atoms with Crippen molar-refractivity contribution in [1.29, 1.82) is 10.5 Å². The van der Waals surface area contributed by atoms with Crippen LogP contribution in [0.4, 0.5) is 5.82 Å². The maximum atomic E-state index is 12.0. The number of rotatable bonds is 2. The van der Waals surface area contributed by atoms with Crippen LogP contribution >= 0.6 is 15.9 Å². The van der Waals surface area contributed by atoms with Crippen LogP contribution in [0.2, 0.25) is 0 Å². The highest BCUT2D eigenvalue weighted by Gasteiger charge is 2.21. The average molecular weight is 359 g/mol. The minimum Gasteiger partial charge on any atom is -0.496 e. The highest BCUT2D eigenvalue weighted by molar-refractivity contribution is 9.10. The lowest BCUT2D eigenvalue weighted by atomic mass is 9.95. The van der Waals surface area contributed by atoms with Gasteiger partial charge in [-0.2, -0.15) is 10.5 Å². The summed E-state index contributed by atoms with van der Waals surface area (Å²) in [6, 6.07) is 7.21. The van der Waals surface area contributed by atoms with E-state index in [9.17, 15) is 15.3 Å². The number of pyridine rings is 1. The maximum absolute atomic E-state index is 12.0. The van der Waals surface area contributed by atoms with E-state index in [2.05, 4.69) is 20.9 Å². The van der Waals surface area contributed by atoms with Crippen molar-refractivity contribution in [3.8, 4) is 29.0 Å². The number of nitrogens with two attached hydrogens (primary N) is 1. The Morgan fingerprint density at radius 2 is 1.91 bits per heavy atom. The predicted octanol–water partition coefficient (Wildman–Crippen LogP) is 2.45. The first-order chi connectivity index (χ1) is 10.4. The summed E-state index contributed by atoms with van der Waals surface area (Å²) in [6.07, 6.45) is 0. The van der Waals surface area contributed by atoms with Crippen LogP contribution < -0.4 is 16.0 Å². The fraction of sp³-hybridized carbons (Fsp3) is 0.133. The molecule has 2 aromatic rings. The summed E-state index contributed by atoms with van der Waals surface area (Å²) < 4.78 is 6.08. The molecule has 0 atom stereocenters. The largest absolute Gasteiger partial charge is 0.496 e. The normalized spacial score (nSPS) is 9.86. The van der Waals surface area contributed by atoms with Crippen LogP contribution in [0.1, 0.15) is 16.7 Å². The number of nitrogen functional groups attached to an aromatic ring is 1. The summed E-state index contributed by atoms with van der Waals surface area (Å²) in [5, 5.41) is 18.6. The molecule has 0 unspecified atom stereocenters. The number of aromatic nitrogens is 1. The molecule has 0 bridgehead atoms. The molecule has 0 saturated carbocycles. The first kappa shape index (κ1) is 15.6. The highest BCUT2D eigenvalue weighted by Crippen LogP contribution is 2.38. The van der Waals surface area contributed by atoms with Gasteiger partial charge in [-0.15, -0.1) is 0 Å². The van der Waals surface area contributed by atoms with E-state index in [1.807, 2.05) is 19.1 Å². The molecule has 0 spiro atoms. The third-order valence-electron chi connectivity index (χ3n) is 3.22. The molecule has 1 aromatic carbocycles. The molecule has 0 radical (unpaired) electrons. The molecule has 2 rings (SSSR count). The van der Waals surface area contributed by atoms with Crippen LogP contribution in [-0.2, 0) is 0 Å². The fourth-order valence-corrected chi connectivity index (χ4v) is 2.48. The maximum Gasteiger partial charge on any atom is 0.268 e. The molecular weight excluding hydrogens is 348 g/mol. The quantitative estimate of drug-likeness (QED) is 0.854. The van der Waals surface area contributed by atoms with Gasteiger partial charge in [0.2, 0.25) is 0 Å². The molecular formula is C15H11BrN4O2. The van der Waals surface area contributed by atoms with Crippen molar-refractivity contribution in [2.75, 3.05) is 12.8 Å². The van der Waals surface area contributed by atoms with Crippen molar-refractivity contribution in [2.24, 2.45) is 0 Å². The van der Waals surface area contributed by atoms with E-state index in [0.29, 0.717) is 11.3 Å². The van der Waals surface area contributed by atoms with Gasteiger partial charge in [0.05, 0.1) is 7.11 Å². The monoisotopic (exact) mass is 358 g/mol. The molecule has 0 saturated heterocycles. The Labute approximate surface area is 134 Å². The Balaban J connectivity index is 3.02. The molecule has 1 aromatic heterocycles. The Bertz CT molecular complexity index is 904. The summed E-state index contributed by atoms with van der Waals surface area (Å²) in [5.74, 6) is 0.360. The van der Waals surface area contributed by atoms with E-state index in [1.165, 1.54) is 7.11 Å². The van der Waals surface area contributed by atoms with Gasteiger partial charge in [0.1, 0.15) is 34.8 Å². The van der Waals surface area contributed by atoms with Gasteiger partial charge in [0.15, 0.2) is 0 Å². The van der Waals surface area contributed by atoms with Gasteiger partial charge in [-0.05, 0) is 24.6 Å². The molecule has 0 aliphatic carbocycles. The van der Waals surface area contributed by atoms with E-state index < -0.39 is 5.56 Å². The molecule has 6 nitrogen and oxygen atoms in total. The number of nitrogens with zero attached hydrogens (tertiary/aromatic N) is 2. The van der Waals surface area contributed by atoms with E-state index in [0.717, 1.165) is 10.0 Å². The van der Waals surface area contributed by atoms with Gasteiger partial charge in [0, 0.05) is 15.6 Å². The first-order valence-electron chi connectivity index (χ1n) is 6.15. The van der Waals surface area contributed by atoms with E-state index in [4.69, 9.17) is 10.5 Å². The lowest BCUT2D eigenvalue weighted by Crippen LogP contribution is -2.16. The van der Waals surface area contributed by atoms with Gasteiger partial charge in [-0.25, -0.2) is 0 Å². The third-order valence-corrected chi connectivity index (χ3v) is 4.07. The zero-order valence-electron chi connectivity index (χ0n) is 11.8. The lowest BCUT2D eigenvalue weighted by Gasteiger charge is -2.14. The molecule has 1 heterocycles. The van der Waals surface area contributed by atoms with Crippen molar-refractivity contribution in [2.45, 2.75) is 6.92 Å². The first-order valence-corrected chi connectivity index (χ1v) is 6.94. The number of ether oxygens (including phenoxy) is 1. The van der Waals surface area contributed by atoms with E-state index >= 15 is 0 Å². The minimum atomic E-state index is -0.646. The van der Waals surface area contributed by atoms with Crippen molar-refractivity contribution < 1.29 is 4.74 Å². The minimum absolute atomic E-state index is 0.0326. The van der Waals surface area contributed by atoms with Crippen molar-refractivity contribution >= 4 is 21.7 Å². The van der Waals surface area contributed by atoms with Crippen LogP contribution in [0.3, 0.4) is 0 Å². The Morgan fingerprint density at radius 1 is 1.27 bits per heavy atom. The van der Waals surface area contributed by atoms with Crippen molar-refractivity contribution in [1.82, 2.24) is 4.98 Å². The van der Waals surface area contributed by atoms with Crippen molar-refractivity contribution in [3.05, 3.63) is 43.6 Å². The number of nitrogens with one attached hydrogen (secondary N) is 1. The van der Waals surface area contributed by atoms with E-state index in [-0.39, 0.29) is 22.5 Å². The summed E-state index contributed by atoms with van der Waals surface area (Å²) in [4.78, 5) is 14.3. The number of aromatic amines is 1. The molecule has 0 aliphatic rings. The number of methoxy groups -OCH3 is 1. The summed E-state index contributed by atoms with van der Waals surface area (Å²) in [6.45, 7) is 1.87. The van der Waals surface area contributed by atoms with Crippen LogP contribution in [0.15, 0.2) is 21.4 Å². The summed E-state index contributed by atoms with van der Waals surface area (Å²) in [7, 11) is 1.47. The Hall–Kier alpha value is -2.77. The molecule has 0 fully saturated rings. The van der Waals surface area contributed by atoms with Gasteiger partial charge >= 0.3 is 0 Å². The number of hydrogen-bond acceptors (Lipinski definition) is 5. The number of benzene rings is 1. The summed E-state index contributed by atoms with van der Waals surface area (Å²) >= 11 is 3.40. The number of hydrogen-bond donors (Lipinski definition) is 2. The van der Waals surface area contributed by atoms with Gasteiger partial charge in [0.25, 0.3) is 5.56 Å². The second-order valence-electron chi connectivity index (χ2n) is 4.52. The standard InChI is InChI=1S/C15H11BrN4O2/c1-7-3-12(22-2)8(4-11(7)16)13-9(5-17)14(19)20-15(21)10(13)6-18/h3-4H,1-2H3,(H3,19,20,21). The molecule has 7 heteroatoms. The lowest BCUT2D eigenvalue weighted by molar-refractivity contribution is 0.416. The van der Waals surface area contributed by atoms with Gasteiger partial charge in [-0.3, -0.25) is 4.79 Å². The fourth-order valence-electron chi connectivity index (χ4n) is 2.13. The second kappa shape index (κ2) is 5.92. The summed E-state index contributed by atoms with van der Waals surface area (Å²) in [5.41, 5.74) is 6.45. The predicted molar refractivity (Wildman–Crippen MR) is 85.3 cm³/mol. The number of H-pyrrole nitrogens is 1. The smallest absolute Gasteiger partial charge is 0.268 e. The van der Waals surface area contributed by atoms with E-state index in [1.54, 1.807) is 12.1 Å². The van der Waals surface area contributed by atoms with Crippen molar-refractivity contribution in [3.63, 3.8) is 0 Å². The number of halogens is 1. The Kier molecular flexibility index (Phi) is 4.20. The molecule has 0 aliphatic heterocycles. The topological polar surface area (TPSA) is 116 Å². The van der Waals surface area contributed by atoms with Gasteiger partial charge < -0.3 is 15.5 Å². The van der Waals surface area contributed by atoms with Crippen LogP contribution in [0, 0.1) is 29.6 Å². The number of nitriles is 2. The van der Waals surface area contributed by atoms with Crippen LogP contribution in [-0.4, -0.2) is 12.1 Å². The number of aryl methyl sites for hydroxylation is 1. The second-order valence-corrected chi connectivity index (χ2v) is 5.37. The number of anilines is 1. The molecule has 3 N–H and O–H groups in total. The SMILES string of the molecule is COc1cc(C)c(Br)cc1-c1c(C#N)c(N)[nH]c(=O)c1C#N. The average Bonchev–Trinajstić information content (AvgIpc) is 2.49. The highest BCUT2D eigenvalue weighted by atomic mass is 79.9. The third kappa shape index (κ3) is 2.43. The molecule has 0 amide bonds. The van der Waals surface area contributed by atoms with Crippen LogP contribution in [0.25, 0.3) is 11.1 Å². The Morgan fingerprint density at radius 3 is 2.45 bits per heavy atom. The zero-order valence-corrected chi connectivity index (χ0v) is 13.4. The van der Waals surface area contributed by atoms with Crippen LogP contribution in [0.5, 0.6) is 5.75 Å². The van der Waals surface area contributed by atoms with Gasteiger partial charge in [-0.1, -0.05) is 15.9 Å². The molecule has 22 heavy (non-hydrogen) atoms. The zero-order chi connectivity index (χ0) is 16.4.